The van der Waals surface area contributed by atoms with Gasteiger partial charge in [0.05, 0.1) is 12.4 Å². The van der Waals surface area contributed by atoms with Crippen molar-refractivity contribution < 1.29 is 66.7 Å². The van der Waals surface area contributed by atoms with Gasteiger partial charge in [-0.05, 0) is 0 Å². The third-order valence-electron chi connectivity index (χ3n) is 3.43. The Kier molecular flexibility index (Phi) is 9.41. The Morgan fingerprint density at radius 1 is 0.654 bits per heavy atom. The molecule has 0 spiro atoms. The van der Waals surface area contributed by atoms with E-state index < -0.39 is 0 Å². The van der Waals surface area contributed by atoms with Crippen molar-refractivity contribution in [3.63, 3.8) is 0 Å². The van der Waals surface area contributed by atoms with Crippen molar-refractivity contribution in [2.24, 2.45) is 0 Å². The van der Waals surface area contributed by atoms with Gasteiger partial charge in [0.1, 0.15) is 11.4 Å². The highest BCUT2D eigenvalue weighted by Gasteiger charge is 2.17. The number of pyridine rings is 2. The van der Waals surface area contributed by atoms with E-state index in [4.69, 9.17) is 0 Å². The molecule has 0 unspecified atom stereocenters. The zero-order valence-corrected chi connectivity index (χ0v) is 18.0. The minimum atomic E-state index is -0.157. The van der Waals surface area contributed by atoms with Gasteiger partial charge in [-0.3, -0.25) is 9.59 Å². The maximum atomic E-state index is 12.2. The van der Waals surface area contributed by atoms with E-state index in [1.165, 1.54) is 12.4 Å². The van der Waals surface area contributed by atoms with Gasteiger partial charge in [0, 0.05) is 24.3 Å². The van der Waals surface area contributed by atoms with Gasteiger partial charge in [-0.25, -0.2) is 9.97 Å². The van der Waals surface area contributed by atoms with Crippen LogP contribution in [0.25, 0.3) is 0 Å². The quantitative estimate of drug-likeness (QED) is 0.168. The predicted octanol–water partition coefficient (Wildman–Crippen LogP) is -5.17. The molecule has 0 aromatic carbocycles. The molecule has 0 aliphatic carbocycles. The summed E-state index contributed by atoms with van der Waals surface area (Å²) in [6.07, 6.45) is 9.94. The highest BCUT2D eigenvalue weighted by Crippen LogP contribution is 1.99. The fourth-order valence-corrected chi connectivity index (χ4v) is 2.19. The first-order chi connectivity index (χ1) is 11.7. The van der Waals surface area contributed by atoms with Crippen LogP contribution in [0.1, 0.15) is 21.0 Å². The van der Waals surface area contributed by atoms with Crippen LogP contribution < -0.4 is 57.1 Å². The van der Waals surface area contributed by atoms with E-state index in [1.54, 1.807) is 33.9 Å². The molecule has 0 saturated heterocycles. The number of Topliss-reactive ketones (excluding diaryl/α,β-unsaturated/α-hetero) is 2. The lowest BCUT2D eigenvalue weighted by Gasteiger charge is -2.00. The lowest BCUT2D eigenvalue weighted by Crippen LogP contribution is -3.00. The second-order valence-electron chi connectivity index (χ2n) is 5.23. The van der Waals surface area contributed by atoms with E-state index >= 15 is 0 Å². The first-order valence-electron chi connectivity index (χ1n) is 7.49. The predicted molar refractivity (Wildman–Crippen MR) is 84.0 cm³/mol. The highest BCUT2D eigenvalue weighted by atomic mass is 127. The Bertz CT molecular complexity index is 772. The average Bonchev–Trinajstić information content (AvgIpc) is 2.63. The molecule has 0 amide bonds. The smallest absolute Gasteiger partial charge is 0.247 e. The Balaban J connectivity index is 0.00000169. The minimum Gasteiger partial charge on any atom is -1.00 e. The van der Waals surface area contributed by atoms with Crippen LogP contribution in [-0.4, -0.2) is 21.5 Å². The molecule has 3 aromatic heterocycles. The normalized spacial score (nSPS) is 9.54. The lowest BCUT2D eigenvalue weighted by molar-refractivity contribution is -0.683. The van der Waals surface area contributed by atoms with Gasteiger partial charge >= 0.3 is 0 Å². The van der Waals surface area contributed by atoms with E-state index in [9.17, 15) is 9.59 Å². The number of nitrogens with zero attached hydrogens (tertiary/aromatic N) is 4. The lowest BCUT2D eigenvalue weighted by atomic mass is 10.2. The van der Waals surface area contributed by atoms with E-state index in [2.05, 4.69) is 9.97 Å². The number of halogens is 2. The van der Waals surface area contributed by atoms with E-state index in [0.717, 1.165) is 0 Å². The van der Waals surface area contributed by atoms with Gasteiger partial charge in [0.15, 0.2) is 24.8 Å². The monoisotopic (exact) mass is 574 g/mol. The zero-order chi connectivity index (χ0) is 16.8. The molecule has 0 aliphatic rings. The molecule has 6 nitrogen and oxygen atoms in total. The summed E-state index contributed by atoms with van der Waals surface area (Å²) in [7, 11) is 0. The molecule has 3 aromatic rings. The third-order valence-corrected chi connectivity index (χ3v) is 3.43. The summed E-state index contributed by atoms with van der Waals surface area (Å²) in [5.41, 5.74) is 0.491. The number of carbonyl (C=O) groups excluding carboxylic acids is 2. The minimum absolute atomic E-state index is 0. The molecule has 0 saturated carbocycles. The largest absolute Gasteiger partial charge is 1.00 e. The number of hydrogen-bond acceptors (Lipinski definition) is 4. The number of ketones is 2. The maximum Gasteiger partial charge on any atom is 0.247 e. The molecular formula is C18H16I2N4O2. The summed E-state index contributed by atoms with van der Waals surface area (Å²) in [5, 5.41) is 0. The van der Waals surface area contributed by atoms with Crippen LogP contribution in [0.2, 0.25) is 0 Å². The van der Waals surface area contributed by atoms with Gasteiger partial charge in [0.25, 0.3) is 0 Å². The van der Waals surface area contributed by atoms with Crippen molar-refractivity contribution in [3.8, 4) is 0 Å². The van der Waals surface area contributed by atoms with Gasteiger partial charge < -0.3 is 48.0 Å². The standard InChI is InChI=1S/C18H16N4O2.2HI/c23-17(13-21-7-3-1-4-8-21)15-11-20-16(12-19-15)18(24)14-22-9-5-2-6-10-22;;/h1-12H,13-14H2;2*1H/q+2;;/p-2. The van der Waals surface area contributed by atoms with Gasteiger partial charge in [-0.2, -0.15) is 9.13 Å². The molecule has 134 valence electrons. The SMILES string of the molecule is O=C(C[n+]1ccccc1)c1cnc(C(=O)C[n+]2ccccc2)cn1.[I-].[I-]. The number of rotatable bonds is 6. The molecule has 0 atom stereocenters. The molecule has 0 N–H and O–H groups in total. The molecule has 26 heavy (non-hydrogen) atoms. The first kappa shape index (κ1) is 22.2. The van der Waals surface area contributed by atoms with Gasteiger partial charge in [0.2, 0.25) is 24.7 Å². The summed E-state index contributed by atoms with van der Waals surface area (Å²) in [5.74, 6) is -0.315. The van der Waals surface area contributed by atoms with E-state index in [-0.39, 0.29) is 84.0 Å². The molecular weight excluding hydrogens is 558 g/mol. The molecule has 8 heteroatoms. The molecule has 0 radical (unpaired) electrons. The second kappa shape index (κ2) is 11.0. The number of aromatic nitrogens is 4. The topological polar surface area (TPSA) is 67.7 Å². The Morgan fingerprint density at radius 2 is 1.00 bits per heavy atom. The third kappa shape index (κ3) is 6.16. The van der Waals surface area contributed by atoms with E-state index in [1.807, 2.05) is 36.4 Å². The molecule has 0 fully saturated rings. The Morgan fingerprint density at radius 3 is 1.31 bits per heavy atom. The first-order valence-corrected chi connectivity index (χ1v) is 7.49. The highest BCUT2D eigenvalue weighted by molar-refractivity contribution is 5.95. The molecule has 3 rings (SSSR count). The van der Waals surface area contributed by atoms with Gasteiger partial charge in [-0.1, -0.05) is 12.1 Å². The second-order valence-corrected chi connectivity index (χ2v) is 5.23. The van der Waals surface area contributed by atoms with Crippen LogP contribution in [0.3, 0.4) is 0 Å². The fourth-order valence-electron chi connectivity index (χ4n) is 2.19. The zero-order valence-electron chi connectivity index (χ0n) is 13.7. The number of hydrogen-bond donors (Lipinski definition) is 0. The van der Waals surface area contributed by atoms with Crippen molar-refractivity contribution in [2.45, 2.75) is 13.1 Å². The average molecular weight is 574 g/mol. The van der Waals surface area contributed by atoms with Crippen molar-refractivity contribution in [1.82, 2.24) is 9.97 Å². The summed E-state index contributed by atoms with van der Waals surface area (Å²) in [6.45, 7) is 0.366. The number of carbonyl (C=O) groups is 2. The van der Waals surface area contributed by atoms with Crippen LogP contribution in [-0.2, 0) is 13.1 Å². The molecule has 0 aliphatic heterocycles. The van der Waals surface area contributed by atoms with Crippen LogP contribution in [0.5, 0.6) is 0 Å². The summed E-state index contributed by atoms with van der Waals surface area (Å²) in [4.78, 5) is 32.5. The fraction of sp³-hybridized carbons (Fsp3) is 0.111. The maximum absolute atomic E-state index is 12.2. The van der Waals surface area contributed by atoms with E-state index in [0.29, 0.717) is 0 Å². The van der Waals surface area contributed by atoms with Crippen LogP contribution in [0, 0.1) is 0 Å². The van der Waals surface area contributed by atoms with Crippen LogP contribution >= 0.6 is 0 Å². The Labute approximate surface area is 185 Å². The van der Waals surface area contributed by atoms with Crippen molar-refractivity contribution in [2.75, 3.05) is 0 Å². The summed E-state index contributed by atoms with van der Waals surface area (Å²) in [6, 6.07) is 11.2. The molecule has 0 bridgehead atoms. The summed E-state index contributed by atoms with van der Waals surface area (Å²) < 4.78 is 3.52. The molecule has 3 heterocycles. The van der Waals surface area contributed by atoms with Crippen molar-refractivity contribution in [3.05, 3.63) is 85.0 Å². The van der Waals surface area contributed by atoms with Crippen LogP contribution in [0.15, 0.2) is 73.6 Å². The van der Waals surface area contributed by atoms with Crippen molar-refractivity contribution >= 4 is 11.6 Å². The van der Waals surface area contributed by atoms with Crippen molar-refractivity contribution in [1.29, 1.82) is 0 Å². The summed E-state index contributed by atoms with van der Waals surface area (Å²) >= 11 is 0. The Hall–Kier alpha value is -1.82. The van der Waals surface area contributed by atoms with Gasteiger partial charge in [-0.15, -0.1) is 0 Å². The van der Waals surface area contributed by atoms with Crippen LogP contribution in [0.4, 0.5) is 0 Å².